The van der Waals surface area contributed by atoms with E-state index in [9.17, 15) is 5.11 Å². The molecule has 5 radical (unpaired) electrons. The zero-order valence-corrected chi connectivity index (χ0v) is 20.1. The Balaban J connectivity index is -0.0000000600. The van der Waals surface area contributed by atoms with Gasteiger partial charge in [0.05, 0.1) is 0 Å². The molecule has 0 bridgehead atoms. The minimum Gasteiger partial charge on any atom is -0.508 e. The van der Waals surface area contributed by atoms with Gasteiger partial charge in [0, 0.05) is 11.0 Å². The summed E-state index contributed by atoms with van der Waals surface area (Å²) in [4.78, 5) is 0. The van der Waals surface area contributed by atoms with Gasteiger partial charge in [0.15, 0.2) is 0 Å². The van der Waals surface area contributed by atoms with E-state index in [0.717, 1.165) is 12.0 Å². The Morgan fingerprint density at radius 1 is 1.00 bits per heavy atom. The van der Waals surface area contributed by atoms with Crippen LogP contribution in [0.2, 0.25) is 0 Å². The van der Waals surface area contributed by atoms with Crippen molar-refractivity contribution in [3.05, 3.63) is 68.0 Å². The number of halogens is 2. The smallest absolute Gasteiger partial charge is 0.508 e. The zero-order valence-electron chi connectivity index (χ0n) is 15.9. The van der Waals surface area contributed by atoms with E-state index in [1.807, 2.05) is 13.0 Å². The summed E-state index contributed by atoms with van der Waals surface area (Å²) >= 11 is 0. The Bertz CT molecular complexity index is 458. The maximum Gasteiger partial charge on any atom is 3.00 e. The van der Waals surface area contributed by atoms with Crippen molar-refractivity contribution in [2.45, 2.75) is 46.5 Å². The summed E-state index contributed by atoms with van der Waals surface area (Å²) in [6.07, 6.45) is 8.33. The standard InChI is InChI=1S/C11H16O.C6H7.2CH3.2ClH.Si.Ti/c1-8-5-9(11(2,3)4)7-10(12)6-8;1-6-4-2-3-5-6;;;;;;/h5-7,12H,1-4H3;2,4H,3H2,1H3;2*1H3;2*1H;;/q;3*-1;;;;+3. The van der Waals surface area contributed by atoms with E-state index in [-0.39, 0.29) is 77.8 Å². The fourth-order valence-electron chi connectivity index (χ4n) is 1.71. The number of aryl methyl sites for hydroxylation is 1. The summed E-state index contributed by atoms with van der Waals surface area (Å²) in [5, 5.41) is 9.36. The van der Waals surface area contributed by atoms with Crippen molar-refractivity contribution >= 4 is 35.8 Å². The third-order valence-corrected chi connectivity index (χ3v) is 2.79. The van der Waals surface area contributed by atoms with E-state index in [1.165, 1.54) is 11.1 Å². The first-order valence-corrected chi connectivity index (χ1v) is 6.34. The number of hydrogen-bond acceptors (Lipinski definition) is 1. The van der Waals surface area contributed by atoms with Crippen LogP contribution in [0.4, 0.5) is 0 Å². The fraction of sp³-hybridized carbons (Fsp3) is 0.368. The van der Waals surface area contributed by atoms with Gasteiger partial charge in [-0.15, -0.1) is 31.2 Å². The fourth-order valence-corrected chi connectivity index (χ4v) is 1.71. The van der Waals surface area contributed by atoms with Gasteiger partial charge in [-0.2, -0.15) is 6.08 Å². The number of phenols is 1. The molecule has 5 heteroatoms. The van der Waals surface area contributed by atoms with Crippen LogP contribution in [0.5, 0.6) is 5.75 Å². The molecule has 1 aliphatic rings. The van der Waals surface area contributed by atoms with E-state index in [0.29, 0.717) is 5.75 Å². The molecular formula is C19H31Cl2OSiTi. The van der Waals surface area contributed by atoms with Gasteiger partial charge in [-0.3, -0.25) is 6.08 Å². The van der Waals surface area contributed by atoms with Crippen molar-refractivity contribution in [3.63, 3.8) is 0 Å². The van der Waals surface area contributed by atoms with Crippen LogP contribution in [0, 0.1) is 27.9 Å². The minimum absolute atomic E-state index is 0. The number of allylic oxidation sites excluding steroid dienone is 4. The van der Waals surface area contributed by atoms with Crippen LogP contribution in [0.3, 0.4) is 0 Å². The van der Waals surface area contributed by atoms with Crippen molar-refractivity contribution in [3.8, 4) is 5.75 Å². The molecular weight excluding hydrogens is 391 g/mol. The van der Waals surface area contributed by atoms with Crippen LogP contribution in [0.1, 0.15) is 45.2 Å². The van der Waals surface area contributed by atoms with Gasteiger partial charge in [-0.05, 0) is 35.6 Å². The second kappa shape index (κ2) is 17.8. The molecule has 1 aliphatic carbocycles. The molecule has 0 saturated carbocycles. The van der Waals surface area contributed by atoms with Crippen LogP contribution in [-0.4, -0.2) is 16.1 Å². The first-order chi connectivity index (χ1) is 8.29. The van der Waals surface area contributed by atoms with E-state index >= 15 is 0 Å². The van der Waals surface area contributed by atoms with Gasteiger partial charge >= 0.3 is 21.7 Å². The van der Waals surface area contributed by atoms with Crippen LogP contribution in [-0.2, 0) is 27.1 Å². The molecule has 0 atom stereocenters. The third-order valence-electron chi connectivity index (χ3n) is 2.79. The Kier molecular flexibility index (Phi) is 29.1. The van der Waals surface area contributed by atoms with Gasteiger partial charge in [-0.1, -0.05) is 33.8 Å². The molecule has 1 N–H and O–H groups in total. The van der Waals surface area contributed by atoms with Crippen molar-refractivity contribution in [2.24, 2.45) is 0 Å². The van der Waals surface area contributed by atoms with E-state index < -0.39 is 0 Å². The SMILES string of the molecule is CC1=[C-]CC=C1.Cc1cc(O)cc(C(C)(C)C)c1.Cl.Cl.[CH3-].[CH3-].[Si].[Ti+3]. The van der Waals surface area contributed by atoms with E-state index in [1.54, 1.807) is 6.07 Å². The maximum absolute atomic E-state index is 9.36. The largest absolute Gasteiger partial charge is 3.00 e. The average Bonchev–Trinajstić information content (AvgIpc) is 2.67. The second-order valence-corrected chi connectivity index (χ2v) is 5.77. The van der Waals surface area contributed by atoms with Gasteiger partial charge < -0.3 is 20.0 Å². The summed E-state index contributed by atoms with van der Waals surface area (Å²) in [5.74, 6) is 0.361. The number of phenolic OH excluding ortho intramolecular Hbond substituents is 1. The van der Waals surface area contributed by atoms with E-state index in [4.69, 9.17) is 0 Å². The van der Waals surface area contributed by atoms with E-state index in [2.05, 4.69) is 52.0 Å². The quantitative estimate of drug-likeness (QED) is 0.398. The molecule has 0 aromatic heterocycles. The average molecular weight is 422 g/mol. The molecule has 1 aromatic carbocycles. The first kappa shape index (κ1) is 39.2. The van der Waals surface area contributed by atoms with Crippen molar-refractivity contribution in [2.75, 3.05) is 0 Å². The third kappa shape index (κ3) is 15.5. The summed E-state index contributed by atoms with van der Waals surface area (Å²) < 4.78 is 0. The van der Waals surface area contributed by atoms with Crippen LogP contribution in [0.15, 0.2) is 35.9 Å². The molecule has 0 saturated heterocycles. The first-order valence-electron chi connectivity index (χ1n) is 6.34. The van der Waals surface area contributed by atoms with Crippen molar-refractivity contribution in [1.29, 1.82) is 0 Å². The molecule has 0 heterocycles. The predicted molar refractivity (Wildman–Crippen MR) is 111 cm³/mol. The van der Waals surface area contributed by atoms with Crippen LogP contribution in [0.25, 0.3) is 0 Å². The Labute approximate surface area is 182 Å². The summed E-state index contributed by atoms with van der Waals surface area (Å²) in [6.45, 7) is 10.5. The molecule has 0 spiro atoms. The van der Waals surface area contributed by atoms with Crippen molar-refractivity contribution < 1.29 is 26.8 Å². The number of hydrogen-bond donors (Lipinski definition) is 1. The molecule has 0 aliphatic heterocycles. The van der Waals surface area contributed by atoms with Crippen molar-refractivity contribution in [1.82, 2.24) is 0 Å². The molecule has 0 unspecified atom stereocenters. The molecule has 135 valence electrons. The maximum atomic E-state index is 9.36. The van der Waals surface area contributed by atoms with Crippen LogP contribution >= 0.6 is 24.8 Å². The Hall–Kier alpha value is 0.0112. The summed E-state index contributed by atoms with van der Waals surface area (Å²) in [5.41, 5.74) is 3.68. The molecule has 0 fully saturated rings. The predicted octanol–water partition coefficient (Wildman–Crippen LogP) is 6.05. The second-order valence-electron chi connectivity index (χ2n) is 5.77. The van der Waals surface area contributed by atoms with Gasteiger partial charge in [0.1, 0.15) is 5.75 Å². The monoisotopic (exact) mass is 421 g/mol. The Morgan fingerprint density at radius 3 is 1.75 bits per heavy atom. The summed E-state index contributed by atoms with van der Waals surface area (Å²) in [7, 11) is 0. The molecule has 24 heavy (non-hydrogen) atoms. The van der Waals surface area contributed by atoms with Gasteiger partial charge in [0.2, 0.25) is 0 Å². The minimum atomic E-state index is 0. The normalized spacial score (nSPS) is 10.5. The Morgan fingerprint density at radius 2 is 1.50 bits per heavy atom. The number of benzene rings is 1. The number of aromatic hydroxyl groups is 1. The molecule has 1 aromatic rings. The molecule has 2 rings (SSSR count). The molecule has 1 nitrogen and oxygen atoms in total. The summed E-state index contributed by atoms with van der Waals surface area (Å²) in [6, 6.07) is 5.71. The van der Waals surface area contributed by atoms with Gasteiger partial charge in [0.25, 0.3) is 0 Å². The zero-order chi connectivity index (χ0) is 13.8. The van der Waals surface area contributed by atoms with Gasteiger partial charge in [-0.25, -0.2) is 11.6 Å². The topological polar surface area (TPSA) is 20.2 Å². The number of rotatable bonds is 0. The molecule has 0 amide bonds. The van der Waals surface area contributed by atoms with Crippen LogP contribution < -0.4 is 0 Å².